The Morgan fingerprint density at radius 1 is 1.21 bits per heavy atom. The van der Waals surface area contributed by atoms with E-state index in [0.717, 1.165) is 11.1 Å². The third-order valence-corrected chi connectivity index (χ3v) is 3.17. The van der Waals surface area contributed by atoms with Crippen LogP contribution in [0.5, 0.6) is 5.75 Å². The molecule has 96 valence electrons. The van der Waals surface area contributed by atoms with Gasteiger partial charge in [0.25, 0.3) is 0 Å². The number of aliphatic carboxylic acids is 1. The van der Waals surface area contributed by atoms with Crippen molar-refractivity contribution in [2.75, 3.05) is 0 Å². The van der Waals surface area contributed by atoms with E-state index < -0.39 is 17.9 Å². The molecule has 0 aliphatic carbocycles. The minimum atomic E-state index is -0.973. The third-order valence-electron chi connectivity index (χ3n) is 3.17. The molecule has 19 heavy (non-hydrogen) atoms. The van der Waals surface area contributed by atoms with Gasteiger partial charge >= 0.3 is 5.97 Å². The minimum absolute atomic E-state index is 0.190. The molecular weight excluding hydrogens is 247 g/mol. The van der Waals surface area contributed by atoms with Crippen LogP contribution >= 0.6 is 0 Å². The molecule has 0 aromatic heterocycles. The van der Waals surface area contributed by atoms with Gasteiger partial charge in [0.1, 0.15) is 17.7 Å². The van der Waals surface area contributed by atoms with Gasteiger partial charge in [-0.05, 0) is 23.8 Å². The highest BCUT2D eigenvalue weighted by Gasteiger charge is 2.27. The van der Waals surface area contributed by atoms with Crippen molar-refractivity contribution < 1.29 is 19.0 Å². The third kappa shape index (κ3) is 2.05. The summed E-state index contributed by atoms with van der Waals surface area (Å²) >= 11 is 0. The molecule has 1 aliphatic rings. The van der Waals surface area contributed by atoms with Gasteiger partial charge in [0.2, 0.25) is 0 Å². The molecule has 1 N–H and O–H groups in total. The van der Waals surface area contributed by atoms with Gasteiger partial charge in [-0.25, -0.2) is 4.39 Å². The van der Waals surface area contributed by atoms with E-state index >= 15 is 0 Å². The lowest BCUT2D eigenvalue weighted by Gasteiger charge is -2.27. The Labute approximate surface area is 109 Å². The topological polar surface area (TPSA) is 46.5 Å². The fourth-order valence-corrected chi connectivity index (χ4v) is 2.36. The van der Waals surface area contributed by atoms with Crippen molar-refractivity contribution in [3.8, 4) is 16.9 Å². The van der Waals surface area contributed by atoms with Crippen molar-refractivity contribution >= 4 is 5.97 Å². The number of hydrogen-bond acceptors (Lipinski definition) is 2. The zero-order chi connectivity index (χ0) is 13.4. The van der Waals surface area contributed by atoms with E-state index in [9.17, 15) is 9.18 Å². The minimum Gasteiger partial charge on any atom is -0.484 e. The zero-order valence-electron chi connectivity index (χ0n) is 9.97. The maximum Gasteiger partial charge on any atom is 0.307 e. The molecular formula is C15H11FO3. The van der Waals surface area contributed by atoms with Crippen LogP contribution in [0, 0.1) is 5.82 Å². The Morgan fingerprint density at radius 3 is 2.79 bits per heavy atom. The van der Waals surface area contributed by atoms with Crippen LogP contribution in [-0.2, 0) is 4.79 Å². The fraction of sp³-hybridized carbons (Fsp3) is 0.133. The van der Waals surface area contributed by atoms with E-state index in [1.165, 1.54) is 12.1 Å². The molecule has 2 aromatic rings. The molecule has 3 rings (SSSR count). The molecule has 3 nitrogen and oxygen atoms in total. The largest absolute Gasteiger partial charge is 0.484 e. The SMILES string of the molecule is O=C(O)CC1Oc2ccccc2-c2ccc(F)cc21. The number of carboxylic acids is 1. The van der Waals surface area contributed by atoms with E-state index in [-0.39, 0.29) is 6.42 Å². The monoisotopic (exact) mass is 258 g/mol. The summed E-state index contributed by atoms with van der Waals surface area (Å²) in [6.45, 7) is 0. The number of carbonyl (C=O) groups is 1. The lowest BCUT2D eigenvalue weighted by molar-refractivity contribution is -0.138. The standard InChI is InChI=1S/C15H11FO3/c16-9-5-6-10-11-3-1-2-4-13(11)19-14(8-15(17)18)12(10)7-9/h1-7,14H,8H2,(H,17,18). The van der Waals surface area contributed by atoms with Crippen LogP contribution in [0.1, 0.15) is 18.1 Å². The number of para-hydroxylation sites is 1. The molecule has 1 unspecified atom stereocenters. The first-order valence-corrected chi connectivity index (χ1v) is 5.92. The molecule has 1 atom stereocenters. The Morgan fingerprint density at radius 2 is 2.00 bits per heavy atom. The molecule has 0 radical (unpaired) electrons. The quantitative estimate of drug-likeness (QED) is 0.898. The van der Waals surface area contributed by atoms with Gasteiger partial charge < -0.3 is 9.84 Å². The second kappa shape index (κ2) is 4.39. The summed E-state index contributed by atoms with van der Waals surface area (Å²) in [5.41, 5.74) is 2.27. The summed E-state index contributed by atoms with van der Waals surface area (Å²) < 4.78 is 19.1. The normalized spacial score (nSPS) is 16.2. The van der Waals surface area contributed by atoms with Gasteiger partial charge in [0.05, 0.1) is 6.42 Å². The number of benzene rings is 2. The van der Waals surface area contributed by atoms with Crippen molar-refractivity contribution in [1.29, 1.82) is 0 Å². The first kappa shape index (κ1) is 11.7. The Bertz CT molecular complexity index is 652. The van der Waals surface area contributed by atoms with Crippen molar-refractivity contribution in [2.45, 2.75) is 12.5 Å². The Kier molecular flexibility index (Phi) is 2.71. The van der Waals surface area contributed by atoms with Crippen molar-refractivity contribution in [1.82, 2.24) is 0 Å². The molecule has 4 heteroatoms. The van der Waals surface area contributed by atoms with E-state index in [4.69, 9.17) is 9.84 Å². The molecule has 1 aliphatic heterocycles. The molecule has 2 aromatic carbocycles. The number of fused-ring (bicyclic) bond motifs is 3. The molecule has 0 saturated carbocycles. The Hall–Kier alpha value is -2.36. The van der Waals surface area contributed by atoms with Crippen LogP contribution in [0.25, 0.3) is 11.1 Å². The highest BCUT2D eigenvalue weighted by atomic mass is 19.1. The van der Waals surface area contributed by atoms with Crippen LogP contribution in [0.2, 0.25) is 0 Å². The van der Waals surface area contributed by atoms with Gasteiger partial charge in [0.15, 0.2) is 0 Å². The fourth-order valence-electron chi connectivity index (χ4n) is 2.36. The maximum absolute atomic E-state index is 13.4. The molecule has 1 heterocycles. The van der Waals surface area contributed by atoms with E-state index in [1.807, 2.05) is 18.2 Å². The number of ether oxygens (including phenoxy) is 1. The highest BCUT2D eigenvalue weighted by molar-refractivity contribution is 5.77. The van der Waals surface area contributed by atoms with Gasteiger partial charge in [-0.2, -0.15) is 0 Å². The average Bonchev–Trinajstić information content (AvgIpc) is 2.38. The van der Waals surface area contributed by atoms with Crippen LogP contribution in [0.15, 0.2) is 42.5 Å². The summed E-state index contributed by atoms with van der Waals surface area (Å²) in [7, 11) is 0. The first-order chi connectivity index (χ1) is 9.15. The number of carboxylic acid groups (broad SMARTS) is 1. The van der Waals surface area contributed by atoms with Crippen LogP contribution in [-0.4, -0.2) is 11.1 Å². The second-order valence-corrected chi connectivity index (χ2v) is 4.43. The smallest absolute Gasteiger partial charge is 0.307 e. The highest BCUT2D eigenvalue weighted by Crippen LogP contribution is 2.43. The predicted octanol–water partition coefficient (Wildman–Crippen LogP) is 3.40. The number of hydrogen-bond donors (Lipinski definition) is 1. The summed E-state index contributed by atoms with van der Waals surface area (Å²) in [5, 5.41) is 8.93. The van der Waals surface area contributed by atoms with Gasteiger partial charge in [-0.15, -0.1) is 0 Å². The summed E-state index contributed by atoms with van der Waals surface area (Å²) in [5.74, 6) is -0.732. The lowest BCUT2D eigenvalue weighted by atomic mass is 9.91. The lowest BCUT2D eigenvalue weighted by Crippen LogP contribution is -2.17. The first-order valence-electron chi connectivity index (χ1n) is 5.92. The molecule has 0 bridgehead atoms. The summed E-state index contributed by atoms with van der Waals surface area (Å²) in [6.07, 6.45) is -0.844. The van der Waals surface area contributed by atoms with Gasteiger partial charge in [-0.1, -0.05) is 24.3 Å². The van der Waals surface area contributed by atoms with Crippen molar-refractivity contribution in [2.24, 2.45) is 0 Å². The van der Waals surface area contributed by atoms with E-state index in [2.05, 4.69) is 0 Å². The van der Waals surface area contributed by atoms with Crippen LogP contribution < -0.4 is 4.74 Å². The van der Waals surface area contributed by atoms with E-state index in [1.54, 1.807) is 12.1 Å². The van der Waals surface area contributed by atoms with Crippen molar-refractivity contribution in [3.05, 3.63) is 53.8 Å². The molecule has 0 spiro atoms. The summed E-state index contributed by atoms with van der Waals surface area (Å²) in [6, 6.07) is 11.7. The van der Waals surface area contributed by atoms with Crippen molar-refractivity contribution in [3.63, 3.8) is 0 Å². The average molecular weight is 258 g/mol. The molecule has 0 saturated heterocycles. The second-order valence-electron chi connectivity index (χ2n) is 4.43. The van der Waals surface area contributed by atoms with Crippen LogP contribution in [0.4, 0.5) is 4.39 Å². The predicted molar refractivity (Wildman–Crippen MR) is 67.5 cm³/mol. The van der Waals surface area contributed by atoms with E-state index in [0.29, 0.717) is 11.3 Å². The molecule has 0 fully saturated rings. The number of halogens is 1. The number of rotatable bonds is 2. The van der Waals surface area contributed by atoms with Gasteiger partial charge in [-0.3, -0.25) is 4.79 Å². The van der Waals surface area contributed by atoms with Gasteiger partial charge in [0, 0.05) is 11.1 Å². The maximum atomic E-state index is 13.4. The molecule has 0 amide bonds. The zero-order valence-corrected chi connectivity index (χ0v) is 9.97. The summed E-state index contributed by atoms with van der Waals surface area (Å²) in [4.78, 5) is 10.9. The Balaban J connectivity index is 2.16. The van der Waals surface area contributed by atoms with Crippen LogP contribution in [0.3, 0.4) is 0 Å².